The van der Waals surface area contributed by atoms with Gasteiger partial charge in [-0.05, 0) is 37.1 Å². The lowest BCUT2D eigenvalue weighted by molar-refractivity contribution is 0.450. The molecule has 0 unspecified atom stereocenters. The Bertz CT molecular complexity index is 671. The maximum absolute atomic E-state index is 11.0. The molecule has 0 atom stereocenters. The molecule has 0 aliphatic carbocycles. The number of hydrogen-bond acceptors (Lipinski definition) is 4. The van der Waals surface area contributed by atoms with Crippen LogP contribution in [0.1, 0.15) is 11.1 Å². The second-order valence-electron chi connectivity index (χ2n) is 3.83. The normalized spacial score (nSPS) is 12.2. The molecule has 0 N–H and O–H groups in total. The summed E-state index contributed by atoms with van der Waals surface area (Å²) in [5.41, 5.74) is 3.23. The molecule has 0 aliphatic heterocycles. The van der Waals surface area contributed by atoms with Gasteiger partial charge in [-0.3, -0.25) is 0 Å². The molecule has 0 saturated carbocycles. The fraction of sp³-hybridized carbons (Fsp3) is 0.300. The number of aryl methyl sites for hydroxylation is 3. The smallest absolute Gasteiger partial charge is 0.215 e. The summed E-state index contributed by atoms with van der Waals surface area (Å²) in [7, 11) is -3.00. The van der Waals surface area contributed by atoms with E-state index in [0.717, 1.165) is 11.1 Å². The predicted octanol–water partition coefficient (Wildman–Crippen LogP) is 1.09. The zero-order valence-corrected chi connectivity index (χ0v) is 10.00. The van der Waals surface area contributed by atoms with Gasteiger partial charge in [0.25, 0.3) is 0 Å². The Balaban J connectivity index is 2.89. The molecule has 0 saturated heterocycles. The molecule has 1 aromatic heterocycles. The summed E-state index contributed by atoms with van der Waals surface area (Å²) in [5.74, 6) is 0. The van der Waals surface area contributed by atoms with Crippen molar-refractivity contribution in [2.75, 3.05) is 0 Å². The van der Waals surface area contributed by atoms with E-state index in [1.54, 1.807) is 6.07 Å². The van der Waals surface area contributed by atoms with Crippen LogP contribution < -0.4 is 0 Å². The largest absolute Gasteiger partial charge is 0.742 e. The highest BCUT2D eigenvalue weighted by atomic mass is 32.2. The van der Waals surface area contributed by atoms with E-state index in [1.165, 1.54) is 11.6 Å². The second-order valence-corrected chi connectivity index (χ2v) is 5.11. The van der Waals surface area contributed by atoms with Crippen LogP contribution in [0.3, 0.4) is 0 Å². The number of imidazole rings is 1. The fourth-order valence-electron chi connectivity index (χ4n) is 1.65. The molecular formula is C10H11N2O3S-. The Morgan fingerprint density at radius 2 is 1.81 bits per heavy atom. The molecule has 0 fully saturated rings. The molecule has 2 rings (SSSR count). The van der Waals surface area contributed by atoms with Crippen LogP contribution >= 0.6 is 0 Å². The third kappa shape index (κ3) is 1.60. The summed E-state index contributed by atoms with van der Waals surface area (Å²) in [5, 5.41) is -0.438. The summed E-state index contributed by atoms with van der Waals surface area (Å²) < 4.78 is 34.2. The molecule has 6 heteroatoms. The van der Waals surface area contributed by atoms with E-state index in [1.807, 2.05) is 19.9 Å². The van der Waals surface area contributed by atoms with Gasteiger partial charge in [-0.15, -0.1) is 0 Å². The predicted molar refractivity (Wildman–Crippen MR) is 58.2 cm³/mol. The van der Waals surface area contributed by atoms with Gasteiger partial charge in [0, 0.05) is 7.05 Å². The van der Waals surface area contributed by atoms with Crippen LogP contribution in [0.2, 0.25) is 0 Å². The minimum absolute atomic E-state index is 0.438. The first-order valence-corrected chi connectivity index (χ1v) is 6.11. The van der Waals surface area contributed by atoms with Gasteiger partial charge in [0.05, 0.1) is 11.0 Å². The van der Waals surface area contributed by atoms with Crippen molar-refractivity contribution >= 4 is 21.2 Å². The van der Waals surface area contributed by atoms with E-state index in [0.29, 0.717) is 11.0 Å². The van der Waals surface area contributed by atoms with Gasteiger partial charge >= 0.3 is 0 Å². The van der Waals surface area contributed by atoms with Crippen LogP contribution in [-0.2, 0) is 17.2 Å². The Hall–Kier alpha value is -1.40. The summed E-state index contributed by atoms with van der Waals surface area (Å²) in [4.78, 5) is 3.85. The van der Waals surface area contributed by atoms with Crippen molar-refractivity contribution in [2.45, 2.75) is 19.0 Å². The molecule has 0 spiro atoms. The average Bonchev–Trinajstić information content (AvgIpc) is 2.45. The topological polar surface area (TPSA) is 75.0 Å². The van der Waals surface area contributed by atoms with Gasteiger partial charge in [-0.2, -0.15) is 0 Å². The highest BCUT2D eigenvalue weighted by Crippen LogP contribution is 2.21. The average molecular weight is 239 g/mol. The third-order valence-electron chi connectivity index (χ3n) is 2.68. The summed E-state index contributed by atoms with van der Waals surface area (Å²) >= 11 is 0. The van der Waals surface area contributed by atoms with E-state index in [9.17, 15) is 13.0 Å². The van der Waals surface area contributed by atoms with Crippen LogP contribution in [0, 0.1) is 13.8 Å². The Kier molecular flexibility index (Phi) is 2.28. The van der Waals surface area contributed by atoms with Crippen molar-refractivity contribution in [1.82, 2.24) is 9.55 Å². The SMILES string of the molecule is Cc1cc2nc(S(=O)(=O)[O-])n(C)c2cc1C. The lowest BCUT2D eigenvalue weighted by Gasteiger charge is -2.06. The standard InChI is InChI=1S/C10H12N2O3S/c1-6-4-8-9(5-7(6)2)12(3)10(11-8)16(13,14)15/h4-5H,1-3H3,(H,13,14,15)/p-1. The Morgan fingerprint density at radius 1 is 1.25 bits per heavy atom. The van der Waals surface area contributed by atoms with Crippen LogP contribution in [-0.4, -0.2) is 22.5 Å². The number of aromatic nitrogens is 2. The number of hydrogen-bond donors (Lipinski definition) is 0. The minimum atomic E-state index is -4.52. The summed E-state index contributed by atoms with van der Waals surface area (Å²) in [6, 6.07) is 3.60. The second kappa shape index (κ2) is 3.29. The number of fused-ring (bicyclic) bond motifs is 1. The number of nitrogens with zero attached hydrogens (tertiary/aromatic N) is 2. The van der Waals surface area contributed by atoms with Gasteiger partial charge in [0.2, 0.25) is 5.16 Å². The maximum Gasteiger partial charge on any atom is 0.215 e. The Morgan fingerprint density at radius 3 is 2.38 bits per heavy atom. The molecule has 1 heterocycles. The molecule has 1 aromatic carbocycles. The lowest BCUT2D eigenvalue weighted by atomic mass is 10.1. The van der Waals surface area contributed by atoms with Gasteiger partial charge in [-0.25, -0.2) is 13.4 Å². The number of rotatable bonds is 1. The summed E-state index contributed by atoms with van der Waals surface area (Å²) in [6.45, 7) is 3.84. The monoisotopic (exact) mass is 239 g/mol. The van der Waals surface area contributed by atoms with Gasteiger partial charge in [0.15, 0.2) is 10.1 Å². The highest BCUT2D eigenvalue weighted by molar-refractivity contribution is 7.85. The first-order valence-electron chi connectivity index (χ1n) is 4.70. The van der Waals surface area contributed by atoms with E-state index in [4.69, 9.17) is 0 Å². The van der Waals surface area contributed by atoms with Crippen LogP contribution in [0.4, 0.5) is 0 Å². The van der Waals surface area contributed by atoms with E-state index in [-0.39, 0.29) is 0 Å². The van der Waals surface area contributed by atoms with Gasteiger partial charge in [0.1, 0.15) is 0 Å². The van der Waals surface area contributed by atoms with Crippen molar-refractivity contribution in [3.8, 4) is 0 Å². The van der Waals surface area contributed by atoms with E-state index < -0.39 is 15.3 Å². The molecular weight excluding hydrogens is 228 g/mol. The molecule has 16 heavy (non-hydrogen) atoms. The molecule has 0 radical (unpaired) electrons. The quantitative estimate of drug-likeness (QED) is 0.698. The molecule has 0 aliphatic rings. The van der Waals surface area contributed by atoms with E-state index >= 15 is 0 Å². The van der Waals surface area contributed by atoms with Crippen molar-refractivity contribution < 1.29 is 13.0 Å². The fourth-order valence-corrected chi connectivity index (χ4v) is 2.29. The third-order valence-corrected chi connectivity index (χ3v) is 3.49. The van der Waals surface area contributed by atoms with Crippen LogP contribution in [0.25, 0.3) is 11.0 Å². The molecule has 86 valence electrons. The summed E-state index contributed by atoms with van der Waals surface area (Å²) in [6.07, 6.45) is 0. The zero-order valence-electron chi connectivity index (χ0n) is 9.18. The first kappa shape index (κ1) is 11.1. The van der Waals surface area contributed by atoms with Crippen molar-refractivity contribution in [1.29, 1.82) is 0 Å². The maximum atomic E-state index is 11.0. The molecule has 0 amide bonds. The van der Waals surface area contributed by atoms with Crippen molar-refractivity contribution in [3.63, 3.8) is 0 Å². The first-order chi connectivity index (χ1) is 7.30. The van der Waals surface area contributed by atoms with Crippen molar-refractivity contribution in [3.05, 3.63) is 23.3 Å². The molecule has 0 bridgehead atoms. The molecule has 2 aromatic rings. The van der Waals surface area contributed by atoms with Crippen molar-refractivity contribution in [2.24, 2.45) is 7.05 Å². The van der Waals surface area contributed by atoms with Gasteiger partial charge < -0.3 is 9.12 Å². The zero-order chi connectivity index (χ0) is 12.1. The minimum Gasteiger partial charge on any atom is -0.742 e. The Labute approximate surface area is 93.5 Å². The molecule has 5 nitrogen and oxygen atoms in total. The van der Waals surface area contributed by atoms with E-state index in [2.05, 4.69) is 4.98 Å². The highest BCUT2D eigenvalue weighted by Gasteiger charge is 2.13. The van der Waals surface area contributed by atoms with Crippen LogP contribution in [0.5, 0.6) is 0 Å². The number of benzene rings is 1. The van der Waals surface area contributed by atoms with Gasteiger partial charge in [-0.1, -0.05) is 0 Å². The van der Waals surface area contributed by atoms with Crippen LogP contribution in [0.15, 0.2) is 17.3 Å². The lowest BCUT2D eigenvalue weighted by Crippen LogP contribution is -2.06.